The Morgan fingerprint density at radius 3 is 2.58 bits per heavy atom. The predicted molar refractivity (Wildman–Crippen MR) is 168 cm³/mol. The van der Waals surface area contributed by atoms with Gasteiger partial charge in [0.2, 0.25) is 11.9 Å². The van der Waals surface area contributed by atoms with Gasteiger partial charge in [-0.15, -0.1) is 0 Å². The van der Waals surface area contributed by atoms with Gasteiger partial charge in [0, 0.05) is 49.4 Å². The van der Waals surface area contributed by atoms with Crippen molar-refractivity contribution in [2.45, 2.75) is 18.9 Å². The van der Waals surface area contributed by atoms with Crippen LogP contribution in [-0.2, 0) is 4.79 Å². The van der Waals surface area contributed by atoms with E-state index in [-0.39, 0.29) is 17.4 Å². The molecule has 1 amide bonds. The standard InChI is InChI=1S/C32H33N9O2/c1-6-29(42)36-24-14-25(28(43-5)15-27(24)40(4)13-12-39(2)3)37-32-35-18-21(17-34)31(38-32)23-19-41(22-10-11-22)26-9-7-8-20(16-33)30(23)26/h6-9,14-15,18-19,22H,1,10-13H2,2-5H3,(H,36,42)(H,35,37,38). The molecule has 0 atom stereocenters. The Labute approximate surface area is 250 Å². The largest absolute Gasteiger partial charge is 0.494 e. The molecule has 2 aromatic heterocycles. The van der Waals surface area contributed by atoms with Gasteiger partial charge in [-0.05, 0) is 51.2 Å². The molecule has 5 rings (SSSR count). The van der Waals surface area contributed by atoms with E-state index < -0.39 is 0 Å². The molecule has 0 saturated heterocycles. The highest BCUT2D eigenvalue weighted by Crippen LogP contribution is 2.43. The van der Waals surface area contributed by atoms with Gasteiger partial charge in [0.15, 0.2) is 0 Å². The summed E-state index contributed by atoms with van der Waals surface area (Å²) >= 11 is 0. The van der Waals surface area contributed by atoms with Crippen molar-refractivity contribution in [3.05, 3.63) is 66.5 Å². The first-order chi connectivity index (χ1) is 20.8. The second-order valence-corrected chi connectivity index (χ2v) is 10.7. The molecule has 1 aliphatic carbocycles. The van der Waals surface area contributed by atoms with Gasteiger partial charge in [0.1, 0.15) is 11.8 Å². The topological polar surface area (TPSA) is 135 Å². The normalized spacial score (nSPS) is 12.4. The molecule has 2 aromatic carbocycles. The lowest BCUT2D eigenvalue weighted by atomic mass is 10.0. The number of nitriles is 2. The predicted octanol–water partition coefficient (Wildman–Crippen LogP) is 5.05. The minimum atomic E-state index is -0.351. The number of amides is 1. The number of likely N-dealkylation sites (N-methyl/N-ethyl adjacent to an activating group) is 2. The average Bonchev–Trinajstić information content (AvgIpc) is 3.79. The summed E-state index contributed by atoms with van der Waals surface area (Å²) in [6.07, 6.45) is 6.79. The van der Waals surface area contributed by atoms with Gasteiger partial charge < -0.3 is 29.7 Å². The third kappa shape index (κ3) is 5.98. The van der Waals surface area contributed by atoms with E-state index in [9.17, 15) is 15.3 Å². The van der Waals surface area contributed by atoms with Gasteiger partial charge in [-0.1, -0.05) is 12.6 Å². The first-order valence-electron chi connectivity index (χ1n) is 13.9. The van der Waals surface area contributed by atoms with Crippen molar-refractivity contribution in [2.75, 3.05) is 56.9 Å². The number of carbonyl (C=O) groups is 1. The molecule has 43 heavy (non-hydrogen) atoms. The van der Waals surface area contributed by atoms with Crippen LogP contribution in [0.1, 0.15) is 30.0 Å². The fraction of sp³-hybridized carbons (Fsp3) is 0.281. The van der Waals surface area contributed by atoms with E-state index in [0.29, 0.717) is 46.5 Å². The minimum absolute atomic E-state index is 0.226. The van der Waals surface area contributed by atoms with Crippen molar-refractivity contribution in [1.29, 1.82) is 10.5 Å². The molecule has 0 unspecified atom stereocenters. The van der Waals surface area contributed by atoms with E-state index in [4.69, 9.17) is 9.72 Å². The maximum Gasteiger partial charge on any atom is 0.247 e. The van der Waals surface area contributed by atoms with E-state index in [2.05, 4.69) is 43.8 Å². The summed E-state index contributed by atoms with van der Waals surface area (Å²) < 4.78 is 7.90. The van der Waals surface area contributed by atoms with Crippen LogP contribution in [0.4, 0.5) is 23.0 Å². The Morgan fingerprint density at radius 2 is 1.93 bits per heavy atom. The number of anilines is 4. The monoisotopic (exact) mass is 575 g/mol. The molecular weight excluding hydrogens is 542 g/mol. The lowest BCUT2D eigenvalue weighted by Gasteiger charge is -2.26. The van der Waals surface area contributed by atoms with Crippen molar-refractivity contribution in [3.8, 4) is 29.1 Å². The molecule has 1 aliphatic rings. The molecule has 0 aliphatic heterocycles. The zero-order valence-corrected chi connectivity index (χ0v) is 24.7. The van der Waals surface area contributed by atoms with Crippen LogP contribution in [0.5, 0.6) is 5.75 Å². The Bertz CT molecular complexity index is 1790. The SMILES string of the molecule is C=CC(=O)Nc1cc(Nc2ncc(C#N)c(-c3cn(C4CC4)c4cccc(C#N)c34)n2)c(OC)cc1N(C)CCN(C)C. The van der Waals surface area contributed by atoms with Crippen LogP contribution >= 0.6 is 0 Å². The van der Waals surface area contributed by atoms with Crippen molar-refractivity contribution in [2.24, 2.45) is 0 Å². The van der Waals surface area contributed by atoms with Crippen LogP contribution in [0.25, 0.3) is 22.2 Å². The van der Waals surface area contributed by atoms with Gasteiger partial charge >= 0.3 is 0 Å². The lowest BCUT2D eigenvalue weighted by Crippen LogP contribution is -2.29. The average molecular weight is 576 g/mol. The van der Waals surface area contributed by atoms with E-state index in [1.54, 1.807) is 19.2 Å². The van der Waals surface area contributed by atoms with Gasteiger partial charge in [0.05, 0.1) is 58.8 Å². The highest BCUT2D eigenvalue weighted by atomic mass is 16.5. The second kappa shape index (κ2) is 12.2. The Morgan fingerprint density at radius 1 is 1.16 bits per heavy atom. The zero-order chi connectivity index (χ0) is 30.7. The highest BCUT2D eigenvalue weighted by molar-refractivity contribution is 6.02. The van der Waals surface area contributed by atoms with Gasteiger partial charge in [-0.2, -0.15) is 10.5 Å². The Hall–Kier alpha value is -5.39. The highest BCUT2D eigenvalue weighted by Gasteiger charge is 2.28. The summed E-state index contributed by atoms with van der Waals surface area (Å²) in [7, 11) is 7.50. The van der Waals surface area contributed by atoms with E-state index in [0.717, 1.165) is 36.0 Å². The van der Waals surface area contributed by atoms with Crippen LogP contribution in [0.2, 0.25) is 0 Å². The second-order valence-electron chi connectivity index (χ2n) is 10.7. The molecule has 2 N–H and O–H groups in total. The first-order valence-corrected chi connectivity index (χ1v) is 13.9. The molecule has 2 heterocycles. The summed E-state index contributed by atoms with van der Waals surface area (Å²) in [6.45, 7) is 5.09. The maximum atomic E-state index is 12.3. The number of methoxy groups -OCH3 is 1. The van der Waals surface area contributed by atoms with Crippen molar-refractivity contribution < 1.29 is 9.53 Å². The summed E-state index contributed by atoms with van der Waals surface area (Å²) in [5.41, 5.74) is 4.69. The molecule has 0 spiro atoms. The molecule has 1 saturated carbocycles. The fourth-order valence-electron chi connectivity index (χ4n) is 4.99. The zero-order valence-electron chi connectivity index (χ0n) is 24.7. The first kappa shape index (κ1) is 29.1. The molecule has 0 bridgehead atoms. The molecule has 4 aromatic rings. The summed E-state index contributed by atoms with van der Waals surface area (Å²) in [4.78, 5) is 25.6. The van der Waals surface area contributed by atoms with E-state index in [1.165, 1.54) is 12.3 Å². The van der Waals surface area contributed by atoms with Crippen LogP contribution in [0.15, 0.2) is 55.4 Å². The number of rotatable bonds is 11. The summed E-state index contributed by atoms with van der Waals surface area (Å²) in [5.74, 6) is 0.384. The maximum absolute atomic E-state index is 12.3. The van der Waals surface area contributed by atoms with Crippen LogP contribution < -0.4 is 20.3 Å². The molecular formula is C32H33N9O2. The van der Waals surface area contributed by atoms with Gasteiger partial charge in [0.25, 0.3) is 0 Å². The number of aromatic nitrogens is 3. The number of ether oxygens (including phenoxy) is 1. The quantitative estimate of drug-likeness (QED) is 0.236. The lowest BCUT2D eigenvalue weighted by molar-refractivity contribution is -0.111. The molecule has 11 heteroatoms. The van der Waals surface area contributed by atoms with Crippen molar-refractivity contribution >= 4 is 39.8 Å². The van der Waals surface area contributed by atoms with Crippen LogP contribution in [0.3, 0.4) is 0 Å². The number of benzene rings is 2. The van der Waals surface area contributed by atoms with Crippen molar-refractivity contribution in [3.63, 3.8) is 0 Å². The molecule has 0 radical (unpaired) electrons. The number of carbonyl (C=O) groups excluding carboxylic acids is 1. The van der Waals surface area contributed by atoms with E-state index >= 15 is 0 Å². The van der Waals surface area contributed by atoms with Gasteiger partial charge in [-0.3, -0.25) is 4.79 Å². The summed E-state index contributed by atoms with van der Waals surface area (Å²) in [5, 5.41) is 26.8. The third-order valence-electron chi connectivity index (χ3n) is 7.38. The van der Waals surface area contributed by atoms with E-state index in [1.807, 2.05) is 50.4 Å². The van der Waals surface area contributed by atoms with Crippen LogP contribution in [-0.4, -0.2) is 66.7 Å². The Kier molecular flexibility index (Phi) is 8.28. The molecule has 1 fully saturated rings. The Balaban J connectivity index is 1.59. The minimum Gasteiger partial charge on any atom is -0.494 e. The smallest absolute Gasteiger partial charge is 0.247 e. The summed E-state index contributed by atoms with van der Waals surface area (Å²) in [6, 6.07) is 14.1. The molecule has 218 valence electrons. The number of nitrogens with zero attached hydrogens (tertiary/aromatic N) is 7. The molecule has 11 nitrogen and oxygen atoms in total. The van der Waals surface area contributed by atoms with Crippen molar-refractivity contribution in [1.82, 2.24) is 19.4 Å². The van der Waals surface area contributed by atoms with Gasteiger partial charge in [-0.25, -0.2) is 9.97 Å². The van der Waals surface area contributed by atoms with Crippen LogP contribution in [0, 0.1) is 22.7 Å². The number of fused-ring (bicyclic) bond motifs is 1. The third-order valence-corrected chi connectivity index (χ3v) is 7.38. The number of nitrogens with one attached hydrogen (secondary N) is 2. The number of hydrogen-bond donors (Lipinski definition) is 2. The fourth-order valence-corrected chi connectivity index (χ4v) is 4.99. The number of hydrogen-bond acceptors (Lipinski definition) is 9.